The summed E-state index contributed by atoms with van der Waals surface area (Å²) in [6.45, 7) is 0.642. The molecule has 100 valence electrons. The summed E-state index contributed by atoms with van der Waals surface area (Å²) in [6, 6.07) is 11.2. The zero-order valence-corrected chi connectivity index (χ0v) is 10.6. The van der Waals surface area contributed by atoms with Crippen molar-refractivity contribution < 1.29 is 0 Å². The van der Waals surface area contributed by atoms with Gasteiger partial charge in [-0.1, -0.05) is 12.1 Å². The Kier molecular flexibility index (Phi) is 3.28. The summed E-state index contributed by atoms with van der Waals surface area (Å²) in [5.74, 6) is 0. The van der Waals surface area contributed by atoms with Crippen LogP contribution >= 0.6 is 0 Å². The molecule has 0 aliphatic carbocycles. The van der Waals surface area contributed by atoms with E-state index in [1.807, 2.05) is 30.3 Å². The Hall–Kier alpha value is -2.89. The molecule has 0 fully saturated rings. The number of nitrogens with one attached hydrogen (secondary N) is 3. The van der Waals surface area contributed by atoms with Crippen LogP contribution in [0.4, 0.5) is 5.69 Å². The monoisotopic (exact) mass is 267 g/mol. The van der Waals surface area contributed by atoms with Gasteiger partial charge in [-0.3, -0.25) is 15.0 Å². The summed E-state index contributed by atoms with van der Waals surface area (Å²) in [7, 11) is 0. The number of aromatic amines is 2. The van der Waals surface area contributed by atoms with E-state index in [1.165, 1.54) is 12.4 Å². The van der Waals surface area contributed by atoms with E-state index < -0.39 is 0 Å². The fourth-order valence-corrected chi connectivity index (χ4v) is 1.87. The van der Waals surface area contributed by atoms with Gasteiger partial charge in [0.2, 0.25) is 0 Å². The molecule has 3 aromatic rings. The van der Waals surface area contributed by atoms with Crippen LogP contribution < -0.4 is 10.9 Å². The van der Waals surface area contributed by atoms with Gasteiger partial charge in [0.05, 0.1) is 17.9 Å². The maximum absolute atomic E-state index is 11.1. The van der Waals surface area contributed by atoms with E-state index in [-0.39, 0.29) is 5.56 Å². The molecule has 0 atom stereocenters. The van der Waals surface area contributed by atoms with Gasteiger partial charge >= 0.3 is 0 Å². The van der Waals surface area contributed by atoms with E-state index in [0.717, 1.165) is 22.6 Å². The molecule has 0 saturated heterocycles. The van der Waals surface area contributed by atoms with E-state index in [2.05, 4.69) is 25.5 Å². The lowest BCUT2D eigenvalue weighted by molar-refractivity contribution is 1.01. The molecule has 1 aromatic carbocycles. The highest BCUT2D eigenvalue weighted by Crippen LogP contribution is 2.18. The van der Waals surface area contributed by atoms with E-state index in [1.54, 1.807) is 6.20 Å². The smallest absolute Gasteiger partial charge is 0.264 e. The molecule has 0 aliphatic rings. The van der Waals surface area contributed by atoms with Crippen molar-refractivity contribution in [3.05, 3.63) is 65.0 Å². The first-order valence-electron chi connectivity index (χ1n) is 6.18. The number of anilines is 1. The SMILES string of the molecule is O=c1cc(-c2ccc(NCc3ccncn3)cc2)[nH][nH]1. The first-order valence-corrected chi connectivity index (χ1v) is 6.18. The number of rotatable bonds is 4. The molecular weight excluding hydrogens is 254 g/mol. The molecule has 2 heterocycles. The van der Waals surface area contributed by atoms with Crippen molar-refractivity contribution in [3.63, 3.8) is 0 Å². The maximum Gasteiger partial charge on any atom is 0.264 e. The zero-order valence-electron chi connectivity index (χ0n) is 10.6. The second-order valence-corrected chi connectivity index (χ2v) is 4.30. The summed E-state index contributed by atoms with van der Waals surface area (Å²) < 4.78 is 0. The summed E-state index contributed by atoms with van der Waals surface area (Å²) >= 11 is 0. The molecule has 20 heavy (non-hydrogen) atoms. The van der Waals surface area contributed by atoms with Gasteiger partial charge < -0.3 is 5.32 Å². The number of hydrogen-bond donors (Lipinski definition) is 3. The topological polar surface area (TPSA) is 86.5 Å². The largest absolute Gasteiger partial charge is 0.379 e. The third kappa shape index (κ3) is 2.74. The number of nitrogens with zero attached hydrogens (tertiary/aromatic N) is 2. The first-order chi connectivity index (χ1) is 9.81. The Morgan fingerprint density at radius 3 is 2.60 bits per heavy atom. The predicted octanol–water partition coefficient (Wildman–Crippen LogP) is 1.77. The number of H-pyrrole nitrogens is 2. The van der Waals surface area contributed by atoms with Gasteiger partial charge in [0, 0.05) is 18.0 Å². The van der Waals surface area contributed by atoms with Crippen LogP contribution in [0.25, 0.3) is 11.3 Å². The van der Waals surface area contributed by atoms with Crippen molar-refractivity contribution >= 4 is 5.69 Å². The van der Waals surface area contributed by atoms with Crippen LogP contribution in [0.1, 0.15) is 5.69 Å². The van der Waals surface area contributed by atoms with Crippen LogP contribution in [0.2, 0.25) is 0 Å². The van der Waals surface area contributed by atoms with Crippen molar-refractivity contribution in [2.75, 3.05) is 5.32 Å². The molecule has 0 saturated carbocycles. The highest BCUT2D eigenvalue weighted by molar-refractivity contribution is 5.62. The average molecular weight is 267 g/mol. The lowest BCUT2D eigenvalue weighted by atomic mass is 10.1. The molecule has 0 spiro atoms. The lowest BCUT2D eigenvalue weighted by Gasteiger charge is -2.06. The Labute approximate surface area is 114 Å². The standard InChI is InChI=1S/C14H13N5O/c20-14-7-13(18-19-14)10-1-3-11(4-2-10)16-8-12-5-6-15-9-17-12/h1-7,9,16H,8H2,(H2,18,19,20). The minimum absolute atomic E-state index is 0.133. The fraction of sp³-hybridized carbons (Fsp3) is 0.0714. The van der Waals surface area contributed by atoms with Crippen LogP contribution in [-0.4, -0.2) is 20.2 Å². The molecule has 0 radical (unpaired) electrons. The highest BCUT2D eigenvalue weighted by atomic mass is 16.1. The van der Waals surface area contributed by atoms with Crippen LogP contribution in [0.3, 0.4) is 0 Å². The lowest BCUT2D eigenvalue weighted by Crippen LogP contribution is -2.01. The van der Waals surface area contributed by atoms with Crippen molar-refractivity contribution in [1.29, 1.82) is 0 Å². The molecule has 0 aliphatic heterocycles. The number of benzene rings is 1. The Bertz CT molecular complexity index is 730. The first kappa shape index (κ1) is 12.2. The van der Waals surface area contributed by atoms with Gasteiger partial charge in [-0.25, -0.2) is 9.97 Å². The molecule has 0 amide bonds. The third-order valence-corrected chi connectivity index (χ3v) is 2.91. The normalized spacial score (nSPS) is 10.4. The van der Waals surface area contributed by atoms with E-state index in [0.29, 0.717) is 6.54 Å². The maximum atomic E-state index is 11.1. The molecule has 6 nitrogen and oxygen atoms in total. The summed E-state index contributed by atoms with van der Waals surface area (Å²) in [4.78, 5) is 19.1. The Morgan fingerprint density at radius 2 is 1.95 bits per heavy atom. The number of hydrogen-bond acceptors (Lipinski definition) is 4. The Balaban J connectivity index is 1.69. The molecule has 2 aromatic heterocycles. The fourth-order valence-electron chi connectivity index (χ4n) is 1.87. The quantitative estimate of drug-likeness (QED) is 0.672. The molecule has 0 unspecified atom stereocenters. The van der Waals surface area contributed by atoms with Crippen LogP contribution in [0.15, 0.2) is 53.7 Å². The van der Waals surface area contributed by atoms with Crippen molar-refractivity contribution in [2.24, 2.45) is 0 Å². The van der Waals surface area contributed by atoms with E-state index in [9.17, 15) is 4.79 Å². The van der Waals surface area contributed by atoms with Gasteiger partial charge in [0.15, 0.2) is 0 Å². The third-order valence-electron chi connectivity index (χ3n) is 2.91. The van der Waals surface area contributed by atoms with Crippen LogP contribution in [0, 0.1) is 0 Å². The van der Waals surface area contributed by atoms with Gasteiger partial charge in [0.1, 0.15) is 6.33 Å². The molecule has 6 heteroatoms. The van der Waals surface area contributed by atoms with Gasteiger partial charge in [-0.05, 0) is 23.8 Å². The molecule has 3 N–H and O–H groups in total. The van der Waals surface area contributed by atoms with Crippen LogP contribution in [-0.2, 0) is 6.54 Å². The van der Waals surface area contributed by atoms with Gasteiger partial charge in [-0.2, -0.15) is 0 Å². The second-order valence-electron chi connectivity index (χ2n) is 4.30. The Morgan fingerprint density at radius 1 is 1.10 bits per heavy atom. The molecular formula is C14H13N5O. The average Bonchev–Trinajstić information content (AvgIpc) is 2.93. The summed E-state index contributed by atoms with van der Waals surface area (Å²) in [5, 5.41) is 8.62. The van der Waals surface area contributed by atoms with Crippen molar-refractivity contribution in [2.45, 2.75) is 6.54 Å². The van der Waals surface area contributed by atoms with Crippen molar-refractivity contribution in [1.82, 2.24) is 20.2 Å². The molecule has 3 rings (SSSR count). The number of aromatic nitrogens is 4. The second kappa shape index (κ2) is 5.40. The minimum atomic E-state index is -0.133. The summed E-state index contributed by atoms with van der Waals surface area (Å²) in [6.07, 6.45) is 3.25. The van der Waals surface area contributed by atoms with Crippen molar-refractivity contribution in [3.8, 4) is 11.3 Å². The predicted molar refractivity (Wildman–Crippen MR) is 76.2 cm³/mol. The van der Waals surface area contributed by atoms with Gasteiger partial charge in [-0.15, -0.1) is 0 Å². The van der Waals surface area contributed by atoms with Crippen LogP contribution in [0.5, 0.6) is 0 Å². The van der Waals surface area contributed by atoms with E-state index in [4.69, 9.17) is 0 Å². The zero-order chi connectivity index (χ0) is 13.8. The summed E-state index contributed by atoms with van der Waals surface area (Å²) in [5.41, 5.74) is 3.52. The minimum Gasteiger partial charge on any atom is -0.379 e. The molecule has 0 bridgehead atoms. The van der Waals surface area contributed by atoms with Gasteiger partial charge in [0.25, 0.3) is 5.56 Å². The van der Waals surface area contributed by atoms with E-state index >= 15 is 0 Å². The highest BCUT2D eigenvalue weighted by Gasteiger charge is 2.00.